The summed E-state index contributed by atoms with van der Waals surface area (Å²) in [5.74, 6) is 0. The maximum absolute atomic E-state index is 10.9. The summed E-state index contributed by atoms with van der Waals surface area (Å²) in [5, 5.41) is 8.95. The predicted octanol–water partition coefficient (Wildman–Crippen LogP) is 1.18. The summed E-state index contributed by atoms with van der Waals surface area (Å²) >= 11 is 0. The van der Waals surface area contributed by atoms with Gasteiger partial charge in [-0.1, -0.05) is 0 Å². The lowest BCUT2D eigenvalue weighted by Crippen LogP contribution is -2.51. The Balaban J connectivity index is 2.46. The van der Waals surface area contributed by atoms with Gasteiger partial charge in [0.2, 0.25) is 0 Å². The van der Waals surface area contributed by atoms with E-state index in [-0.39, 0.29) is 11.6 Å². The normalized spacial score (nSPS) is 22.9. The molecule has 0 aromatic heterocycles. The molecule has 1 amide bonds. The van der Waals surface area contributed by atoms with Crippen LogP contribution in [0.5, 0.6) is 0 Å². The third-order valence-electron chi connectivity index (χ3n) is 2.18. The van der Waals surface area contributed by atoms with Gasteiger partial charge in [-0.3, -0.25) is 4.90 Å². The first-order valence-electron chi connectivity index (χ1n) is 5.11. The lowest BCUT2D eigenvalue weighted by atomic mass is 10.2. The van der Waals surface area contributed by atoms with Gasteiger partial charge in [0.15, 0.2) is 0 Å². The minimum absolute atomic E-state index is 0.185. The van der Waals surface area contributed by atoms with Gasteiger partial charge in [0.25, 0.3) is 0 Å². The summed E-state index contributed by atoms with van der Waals surface area (Å²) in [5.41, 5.74) is -0.248. The zero-order valence-corrected chi connectivity index (χ0v) is 9.52. The SMILES string of the molecule is CC(C)(C)OCC1COCCN1C(=O)O. The first kappa shape index (κ1) is 12.3. The molecule has 1 rings (SSSR count). The molecular formula is C10H19NO4. The zero-order chi connectivity index (χ0) is 11.5. The number of hydrogen-bond acceptors (Lipinski definition) is 3. The molecule has 5 heteroatoms. The van der Waals surface area contributed by atoms with E-state index in [1.54, 1.807) is 0 Å². The van der Waals surface area contributed by atoms with Crippen LogP contribution in [0.2, 0.25) is 0 Å². The van der Waals surface area contributed by atoms with Crippen LogP contribution in [0.1, 0.15) is 20.8 Å². The maximum atomic E-state index is 10.9. The number of hydrogen-bond donors (Lipinski definition) is 1. The van der Waals surface area contributed by atoms with E-state index in [0.717, 1.165) is 0 Å². The Bertz CT molecular complexity index is 224. The summed E-state index contributed by atoms with van der Waals surface area (Å²) in [4.78, 5) is 12.3. The first-order valence-corrected chi connectivity index (χ1v) is 5.11. The van der Waals surface area contributed by atoms with Gasteiger partial charge >= 0.3 is 6.09 Å². The van der Waals surface area contributed by atoms with Crippen molar-refractivity contribution in [3.8, 4) is 0 Å². The number of rotatable bonds is 2. The molecule has 1 fully saturated rings. The third-order valence-corrected chi connectivity index (χ3v) is 2.18. The third kappa shape index (κ3) is 4.05. The molecule has 0 aromatic rings. The molecule has 0 aliphatic carbocycles. The van der Waals surface area contributed by atoms with Crippen LogP contribution in [0.15, 0.2) is 0 Å². The Morgan fingerprint density at radius 1 is 1.60 bits per heavy atom. The van der Waals surface area contributed by atoms with Crippen LogP contribution in [0.25, 0.3) is 0 Å². The van der Waals surface area contributed by atoms with Crippen molar-refractivity contribution in [3.63, 3.8) is 0 Å². The number of carbonyl (C=O) groups is 1. The van der Waals surface area contributed by atoms with Crippen LogP contribution >= 0.6 is 0 Å². The van der Waals surface area contributed by atoms with Gasteiger partial charge in [-0.25, -0.2) is 4.79 Å². The number of nitrogens with zero attached hydrogens (tertiary/aromatic N) is 1. The Hall–Kier alpha value is -0.810. The molecule has 88 valence electrons. The average molecular weight is 217 g/mol. The van der Waals surface area contributed by atoms with Crippen molar-refractivity contribution in [2.75, 3.05) is 26.4 Å². The smallest absolute Gasteiger partial charge is 0.407 e. The second-order valence-electron chi connectivity index (χ2n) is 4.63. The first-order chi connectivity index (χ1) is 6.90. The van der Waals surface area contributed by atoms with Gasteiger partial charge in [0.05, 0.1) is 31.5 Å². The Morgan fingerprint density at radius 3 is 2.80 bits per heavy atom. The number of ether oxygens (including phenoxy) is 2. The fourth-order valence-electron chi connectivity index (χ4n) is 1.39. The standard InChI is InChI=1S/C10H19NO4/c1-10(2,3)15-7-8-6-14-5-4-11(8)9(12)13/h8H,4-7H2,1-3H3,(H,12,13). The van der Waals surface area contributed by atoms with Crippen LogP contribution in [0, 0.1) is 0 Å². The molecule has 5 nitrogen and oxygen atoms in total. The summed E-state index contributed by atoms with van der Waals surface area (Å²) < 4.78 is 10.8. The van der Waals surface area contributed by atoms with Crippen LogP contribution in [0.3, 0.4) is 0 Å². The van der Waals surface area contributed by atoms with Crippen molar-refractivity contribution >= 4 is 6.09 Å². The summed E-state index contributed by atoms with van der Waals surface area (Å²) in [6.07, 6.45) is -0.902. The summed E-state index contributed by atoms with van der Waals surface area (Å²) in [6, 6.07) is -0.185. The van der Waals surface area contributed by atoms with Crippen molar-refractivity contribution < 1.29 is 19.4 Å². The molecular weight excluding hydrogens is 198 g/mol. The van der Waals surface area contributed by atoms with Gasteiger partial charge < -0.3 is 14.6 Å². The van der Waals surface area contributed by atoms with Gasteiger partial charge in [-0.2, -0.15) is 0 Å². The van der Waals surface area contributed by atoms with Crippen LogP contribution < -0.4 is 0 Å². The van der Waals surface area contributed by atoms with Gasteiger partial charge in [0.1, 0.15) is 0 Å². The molecule has 1 aliphatic rings. The minimum atomic E-state index is -0.902. The van der Waals surface area contributed by atoms with E-state index >= 15 is 0 Å². The van der Waals surface area contributed by atoms with E-state index in [1.807, 2.05) is 20.8 Å². The molecule has 1 saturated heterocycles. The fourth-order valence-corrected chi connectivity index (χ4v) is 1.39. The second-order valence-corrected chi connectivity index (χ2v) is 4.63. The number of amides is 1. The maximum Gasteiger partial charge on any atom is 0.407 e. The number of carboxylic acid groups (broad SMARTS) is 1. The molecule has 1 aliphatic heterocycles. The molecule has 15 heavy (non-hydrogen) atoms. The minimum Gasteiger partial charge on any atom is -0.465 e. The molecule has 1 atom stereocenters. The van der Waals surface area contributed by atoms with E-state index in [4.69, 9.17) is 14.6 Å². The molecule has 0 spiro atoms. The molecule has 1 heterocycles. The number of morpholine rings is 1. The van der Waals surface area contributed by atoms with Crippen molar-refractivity contribution in [2.45, 2.75) is 32.4 Å². The Kier molecular flexibility index (Phi) is 3.93. The molecule has 0 radical (unpaired) electrons. The molecule has 1 unspecified atom stereocenters. The van der Waals surface area contributed by atoms with E-state index < -0.39 is 6.09 Å². The van der Waals surface area contributed by atoms with Gasteiger partial charge in [-0.15, -0.1) is 0 Å². The quantitative estimate of drug-likeness (QED) is 0.754. The monoisotopic (exact) mass is 217 g/mol. The van der Waals surface area contributed by atoms with Crippen molar-refractivity contribution in [2.24, 2.45) is 0 Å². The second kappa shape index (κ2) is 4.81. The highest BCUT2D eigenvalue weighted by Gasteiger charge is 2.28. The topological polar surface area (TPSA) is 59.0 Å². The predicted molar refractivity (Wildman–Crippen MR) is 55.0 cm³/mol. The van der Waals surface area contributed by atoms with Crippen molar-refractivity contribution in [1.82, 2.24) is 4.90 Å². The highest BCUT2D eigenvalue weighted by molar-refractivity contribution is 5.65. The summed E-state index contributed by atoms with van der Waals surface area (Å²) in [6.45, 7) is 7.54. The molecule has 0 bridgehead atoms. The molecule has 0 aromatic carbocycles. The Labute approximate surface area is 90.0 Å². The largest absolute Gasteiger partial charge is 0.465 e. The van der Waals surface area contributed by atoms with E-state index in [1.165, 1.54) is 4.90 Å². The lowest BCUT2D eigenvalue weighted by Gasteiger charge is -2.34. The van der Waals surface area contributed by atoms with E-state index in [0.29, 0.717) is 26.4 Å². The summed E-state index contributed by atoms with van der Waals surface area (Å²) in [7, 11) is 0. The van der Waals surface area contributed by atoms with Crippen molar-refractivity contribution in [3.05, 3.63) is 0 Å². The highest BCUT2D eigenvalue weighted by atomic mass is 16.5. The van der Waals surface area contributed by atoms with Crippen LogP contribution in [-0.4, -0.2) is 54.1 Å². The Morgan fingerprint density at radius 2 is 2.27 bits per heavy atom. The fraction of sp³-hybridized carbons (Fsp3) is 0.900. The van der Waals surface area contributed by atoms with Gasteiger partial charge in [-0.05, 0) is 20.8 Å². The van der Waals surface area contributed by atoms with Gasteiger partial charge in [0, 0.05) is 6.54 Å². The average Bonchev–Trinajstić information content (AvgIpc) is 2.14. The van der Waals surface area contributed by atoms with Crippen molar-refractivity contribution in [1.29, 1.82) is 0 Å². The van der Waals surface area contributed by atoms with Crippen LogP contribution in [-0.2, 0) is 9.47 Å². The molecule has 0 saturated carbocycles. The molecule has 1 N–H and O–H groups in total. The van der Waals surface area contributed by atoms with E-state index in [9.17, 15) is 4.79 Å². The van der Waals surface area contributed by atoms with E-state index in [2.05, 4.69) is 0 Å². The zero-order valence-electron chi connectivity index (χ0n) is 9.52. The lowest BCUT2D eigenvalue weighted by molar-refractivity contribution is -0.0725. The van der Waals surface area contributed by atoms with Crippen LogP contribution in [0.4, 0.5) is 4.79 Å². The highest BCUT2D eigenvalue weighted by Crippen LogP contribution is 2.12.